The highest BCUT2D eigenvalue weighted by Gasteiger charge is 2.38. The van der Waals surface area contributed by atoms with Crippen molar-refractivity contribution < 1.29 is 36.6 Å². The van der Waals surface area contributed by atoms with Gasteiger partial charge < -0.3 is 29.1 Å². The van der Waals surface area contributed by atoms with Crippen molar-refractivity contribution in [3.05, 3.63) is 166 Å². The minimum absolute atomic E-state index is 0. The van der Waals surface area contributed by atoms with Gasteiger partial charge in [-0.1, -0.05) is 68.1 Å². The number of anilines is 4. The van der Waals surface area contributed by atoms with Gasteiger partial charge in [-0.3, -0.25) is 23.6 Å². The Bertz CT molecular complexity index is 3830. The highest BCUT2D eigenvalue weighted by molar-refractivity contribution is 5.80. The van der Waals surface area contributed by atoms with Crippen molar-refractivity contribution >= 4 is 34.8 Å². The molecule has 0 N–H and O–H groups in total. The number of alkyl halides is 4. The molecule has 8 heterocycles. The summed E-state index contributed by atoms with van der Waals surface area (Å²) in [5.41, 5.74) is 12.8. The summed E-state index contributed by atoms with van der Waals surface area (Å²) < 4.78 is 78.6. The van der Waals surface area contributed by atoms with Gasteiger partial charge in [0.2, 0.25) is 11.8 Å². The zero-order valence-corrected chi connectivity index (χ0v) is 51.9. The van der Waals surface area contributed by atoms with Crippen LogP contribution in [0, 0.1) is 0 Å². The molecule has 480 valence electrons. The third-order valence-corrected chi connectivity index (χ3v) is 19.4. The van der Waals surface area contributed by atoms with Crippen LogP contribution in [0.1, 0.15) is 166 Å². The van der Waals surface area contributed by atoms with Gasteiger partial charge in [0, 0.05) is 130 Å². The van der Waals surface area contributed by atoms with Gasteiger partial charge in [-0.2, -0.15) is 20.4 Å². The van der Waals surface area contributed by atoms with Crippen LogP contribution in [-0.2, 0) is 85.1 Å². The molecular weight excluding hydrogens is 1160 g/mol. The van der Waals surface area contributed by atoms with Gasteiger partial charge >= 0.3 is 0 Å². The van der Waals surface area contributed by atoms with Crippen LogP contribution in [0.15, 0.2) is 110 Å². The van der Waals surface area contributed by atoms with E-state index < -0.39 is 12.9 Å². The van der Waals surface area contributed by atoms with Gasteiger partial charge in [-0.15, -0.1) is 0 Å². The molecule has 0 radical (unpaired) electrons. The number of hydrogen-bond acceptors (Lipinski definition) is 10. The number of amides is 2. The molecule has 14 rings (SSSR count). The second kappa shape index (κ2) is 27.4. The number of carbonyl (C=O) groups is 2. The number of aryl methyl sites for hydroxylation is 4. The molecule has 4 aromatic heterocycles. The van der Waals surface area contributed by atoms with Gasteiger partial charge in [0.15, 0.2) is 5.82 Å². The van der Waals surface area contributed by atoms with Gasteiger partial charge in [0.05, 0.1) is 68.7 Å². The van der Waals surface area contributed by atoms with Crippen molar-refractivity contribution in [1.82, 2.24) is 48.9 Å². The topological polar surface area (TPSA) is 137 Å². The minimum Gasteiger partial charge on any atom is -0.374 e. The summed E-state index contributed by atoms with van der Waals surface area (Å²) in [5, 5.41) is 18.9. The Kier molecular flexibility index (Phi) is 19.0. The summed E-state index contributed by atoms with van der Waals surface area (Å²) >= 11 is 0. The Balaban J connectivity index is 0.000000174. The van der Waals surface area contributed by atoms with E-state index in [0.29, 0.717) is 81.2 Å². The first-order valence-electron chi connectivity index (χ1n) is 32.2. The summed E-state index contributed by atoms with van der Waals surface area (Å²) in [6, 6.07) is 28.1. The molecule has 4 aromatic carbocycles. The third kappa shape index (κ3) is 13.4. The fourth-order valence-corrected chi connectivity index (χ4v) is 14.6. The van der Waals surface area contributed by atoms with E-state index >= 15 is 0 Å². The molecule has 2 fully saturated rings. The van der Waals surface area contributed by atoms with Crippen molar-refractivity contribution in [3.8, 4) is 22.3 Å². The zero-order valence-electron chi connectivity index (χ0n) is 51.9. The fraction of sp³-hybridized carbons (Fsp3) is 0.465. The molecule has 91 heavy (non-hydrogen) atoms. The lowest BCUT2D eigenvalue weighted by atomic mass is 9.92. The van der Waals surface area contributed by atoms with Crippen LogP contribution in [0.25, 0.3) is 22.3 Å². The smallest absolute Gasteiger partial charge is 0.264 e. The van der Waals surface area contributed by atoms with Crippen LogP contribution in [0.4, 0.5) is 40.6 Å². The van der Waals surface area contributed by atoms with Crippen molar-refractivity contribution in [1.29, 1.82) is 0 Å². The maximum atomic E-state index is 14.6. The van der Waals surface area contributed by atoms with Gasteiger partial charge in [-0.25, -0.2) is 22.2 Å². The van der Waals surface area contributed by atoms with Crippen LogP contribution in [0.5, 0.6) is 0 Å². The summed E-state index contributed by atoms with van der Waals surface area (Å²) in [5.74, 6) is 1.83. The SMILES string of the molecule is C.CC(=O)N1CCc2c(c(N3CCCc4cc(-c5cnn(C)c5)c(C(F)F)cc43)nn2C2CCC(OCc3ccccc3)CC2)C1.CC(=O)N1CCc2nn(C3CCC(OCc4ccccc4)CC3)c(N3CCCc4cc(-c5cnn(C)c5)c(C(F)F)cc43)c2C1. The van der Waals surface area contributed by atoms with E-state index in [2.05, 4.69) is 53.6 Å². The van der Waals surface area contributed by atoms with E-state index in [1.165, 1.54) is 16.8 Å². The first kappa shape index (κ1) is 63.1. The van der Waals surface area contributed by atoms with E-state index in [0.717, 1.165) is 134 Å². The largest absolute Gasteiger partial charge is 0.374 e. The Labute approximate surface area is 530 Å². The van der Waals surface area contributed by atoms with E-state index in [4.69, 9.17) is 19.7 Å². The zero-order chi connectivity index (χ0) is 62.2. The molecule has 0 unspecified atom stereocenters. The van der Waals surface area contributed by atoms with E-state index in [1.54, 1.807) is 74.2 Å². The standard InChI is InChI=1S/2C35H40F2N6O2.CH4/c1-23(44)41-16-14-32-31(21-41)35(39-43(32)27-10-12-28(13-11-27)45-22-24-7-4-3-5-8-24)42-15-6-9-25-17-29(26-19-38-40(2)20-26)30(34(36)37)18-33(25)42;1-23(44)41-16-14-32-31(21-41)35(43(39-32)27-10-12-28(13-11-27)45-22-24-7-4-3-5-8-24)42-15-6-9-25-17-29(26-19-38-40(2)20-26)30(34(36)37)18-33(25)42;/h2*3-5,7-8,17-20,27-28,34H,6,9-16,21-22H2,1-2H3;1H4. The van der Waals surface area contributed by atoms with Crippen molar-refractivity contribution in [2.24, 2.45) is 14.1 Å². The molecule has 4 aliphatic heterocycles. The molecule has 0 bridgehead atoms. The van der Waals surface area contributed by atoms with Crippen molar-refractivity contribution in [2.75, 3.05) is 36.0 Å². The van der Waals surface area contributed by atoms with Gasteiger partial charge in [0.1, 0.15) is 5.82 Å². The fourth-order valence-electron chi connectivity index (χ4n) is 14.6. The number of hydrogen-bond donors (Lipinski definition) is 0. The quantitative estimate of drug-likeness (QED) is 0.0968. The summed E-state index contributed by atoms with van der Waals surface area (Å²) in [7, 11) is 3.59. The first-order chi connectivity index (χ1) is 43.7. The normalized spacial score (nSPS) is 19.7. The van der Waals surface area contributed by atoms with Crippen molar-refractivity contribution in [2.45, 2.75) is 175 Å². The van der Waals surface area contributed by atoms with E-state index in [1.807, 2.05) is 58.3 Å². The molecule has 0 atom stereocenters. The molecule has 0 spiro atoms. The summed E-state index contributed by atoms with van der Waals surface area (Å²) in [6.07, 6.45) is 14.4. The van der Waals surface area contributed by atoms with Crippen LogP contribution < -0.4 is 9.80 Å². The van der Waals surface area contributed by atoms with Gasteiger partial charge in [-0.05, 0) is 135 Å². The Morgan fingerprint density at radius 2 is 1.03 bits per heavy atom. The lowest BCUT2D eigenvalue weighted by Gasteiger charge is -2.37. The first-order valence-corrected chi connectivity index (χ1v) is 32.2. The van der Waals surface area contributed by atoms with Crippen LogP contribution in [0.2, 0.25) is 0 Å². The number of aromatic nitrogens is 8. The molecule has 2 amide bonds. The molecule has 16 nitrogen and oxygen atoms in total. The highest BCUT2D eigenvalue weighted by Crippen LogP contribution is 2.48. The second-order valence-electron chi connectivity index (χ2n) is 25.3. The summed E-state index contributed by atoms with van der Waals surface area (Å²) in [6.45, 7) is 8.10. The third-order valence-electron chi connectivity index (χ3n) is 19.4. The lowest BCUT2D eigenvalue weighted by Crippen LogP contribution is -2.36. The second-order valence-corrected chi connectivity index (χ2v) is 25.3. The Hall–Kier alpha value is -8.10. The summed E-state index contributed by atoms with van der Waals surface area (Å²) in [4.78, 5) is 33.0. The molecule has 20 heteroatoms. The number of benzene rings is 4. The average molecular weight is 1250 g/mol. The minimum atomic E-state index is -2.63. The molecule has 0 saturated heterocycles. The maximum absolute atomic E-state index is 14.6. The average Bonchev–Trinajstić information content (AvgIpc) is 1.69. The number of nitrogens with zero attached hydrogens (tertiary/aromatic N) is 12. The lowest BCUT2D eigenvalue weighted by molar-refractivity contribution is -0.130. The molecule has 8 aromatic rings. The maximum Gasteiger partial charge on any atom is 0.264 e. The Morgan fingerprint density at radius 1 is 0.560 bits per heavy atom. The van der Waals surface area contributed by atoms with E-state index in [-0.39, 0.29) is 54.7 Å². The number of fused-ring (bicyclic) bond motifs is 4. The number of carbonyl (C=O) groups excluding carboxylic acids is 2. The number of halogens is 4. The number of ether oxygens (including phenoxy) is 2. The van der Waals surface area contributed by atoms with E-state index in [9.17, 15) is 27.2 Å². The number of rotatable bonds is 14. The molecule has 6 aliphatic rings. The predicted molar refractivity (Wildman–Crippen MR) is 344 cm³/mol. The monoisotopic (exact) mass is 1240 g/mol. The molecular formula is C71H84F4N12O4. The molecule has 2 saturated carbocycles. The van der Waals surface area contributed by atoms with Gasteiger partial charge in [0.25, 0.3) is 12.9 Å². The predicted octanol–water partition coefficient (Wildman–Crippen LogP) is 14.5. The van der Waals surface area contributed by atoms with Crippen molar-refractivity contribution in [3.63, 3.8) is 0 Å². The van der Waals surface area contributed by atoms with Crippen LogP contribution in [-0.4, -0.2) is 99.1 Å². The van der Waals surface area contributed by atoms with Crippen LogP contribution >= 0.6 is 0 Å². The highest BCUT2D eigenvalue weighted by atomic mass is 19.3. The van der Waals surface area contributed by atoms with Crippen LogP contribution in [0.3, 0.4) is 0 Å². The molecule has 2 aliphatic carbocycles. The Morgan fingerprint density at radius 3 is 1.52 bits per heavy atom.